The van der Waals surface area contributed by atoms with Crippen LogP contribution >= 0.6 is 0 Å². The van der Waals surface area contributed by atoms with Crippen LogP contribution in [0.1, 0.15) is 39.1 Å². The Morgan fingerprint density at radius 2 is 1.91 bits per heavy atom. The summed E-state index contributed by atoms with van der Waals surface area (Å²) in [7, 11) is 0. The van der Waals surface area contributed by atoms with E-state index < -0.39 is 17.8 Å². The van der Waals surface area contributed by atoms with Crippen LogP contribution in [0.5, 0.6) is 0 Å². The second kappa shape index (κ2) is 5.54. The molecule has 23 heavy (non-hydrogen) atoms. The van der Waals surface area contributed by atoms with Crippen LogP contribution in [0, 0.1) is 11.3 Å². The highest BCUT2D eigenvalue weighted by Gasteiger charge is 2.32. The highest BCUT2D eigenvalue weighted by atomic mass is 16.4. The Kier molecular flexibility index (Phi) is 3.54. The van der Waals surface area contributed by atoms with E-state index in [1.807, 2.05) is 6.07 Å². The van der Waals surface area contributed by atoms with E-state index in [0.717, 1.165) is 4.90 Å². The molecule has 1 aliphatic rings. The summed E-state index contributed by atoms with van der Waals surface area (Å²) in [5.74, 6) is -1.89. The van der Waals surface area contributed by atoms with Crippen molar-refractivity contribution in [1.82, 2.24) is 4.90 Å². The van der Waals surface area contributed by atoms with Crippen LogP contribution in [0.15, 0.2) is 30.3 Å². The van der Waals surface area contributed by atoms with Gasteiger partial charge in [0, 0.05) is 29.5 Å². The lowest BCUT2D eigenvalue weighted by molar-refractivity contribution is -0.137. The van der Waals surface area contributed by atoms with E-state index in [4.69, 9.17) is 10.4 Å². The monoisotopic (exact) mass is 308 g/mol. The predicted molar refractivity (Wildman–Crippen MR) is 80.9 cm³/mol. The molecule has 2 aromatic carbocycles. The average molecular weight is 308 g/mol. The van der Waals surface area contributed by atoms with Crippen LogP contribution in [-0.4, -0.2) is 34.3 Å². The van der Waals surface area contributed by atoms with E-state index in [0.29, 0.717) is 27.5 Å². The van der Waals surface area contributed by atoms with Gasteiger partial charge >= 0.3 is 5.97 Å². The molecule has 0 bridgehead atoms. The maximum absolute atomic E-state index is 12.6. The van der Waals surface area contributed by atoms with Gasteiger partial charge in [0.25, 0.3) is 11.8 Å². The molecule has 0 aromatic heterocycles. The first-order valence-corrected chi connectivity index (χ1v) is 7.08. The fourth-order valence-corrected chi connectivity index (χ4v) is 2.81. The molecule has 114 valence electrons. The second-order valence-corrected chi connectivity index (χ2v) is 5.30. The van der Waals surface area contributed by atoms with Crippen molar-refractivity contribution in [1.29, 1.82) is 5.26 Å². The molecule has 1 aliphatic heterocycles. The predicted octanol–water partition coefficient (Wildman–Crippen LogP) is 2.17. The molecule has 0 unspecified atom stereocenters. The van der Waals surface area contributed by atoms with Gasteiger partial charge in [-0.15, -0.1) is 0 Å². The summed E-state index contributed by atoms with van der Waals surface area (Å²) in [4.78, 5) is 36.8. The quantitative estimate of drug-likeness (QED) is 0.873. The zero-order valence-corrected chi connectivity index (χ0v) is 12.1. The molecule has 6 nitrogen and oxygen atoms in total. The Morgan fingerprint density at radius 1 is 1.17 bits per heavy atom. The van der Waals surface area contributed by atoms with E-state index in [9.17, 15) is 14.4 Å². The van der Waals surface area contributed by atoms with Crippen LogP contribution in [0.2, 0.25) is 0 Å². The van der Waals surface area contributed by atoms with E-state index in [1.54, 1.807) is 24.3 Å². The molecular formula is C17H12N2O4. The molecule has 2 amide bonds. The minimum absolute atomic E-state index is 0.0383. The summed E-state index contributed by atoms with van der Waals surface area (Å²) < 4.78 is 0. The Labute approximate surface area is 131 Å². The number of carboxylic acids is 1. The van der Waals surface area contributed by atoms with E-state index in [2.05, 4.69) is 0 Å². The van der Waals surface area contributed by atoms with Crippen LogP contribution < -0.4 is 0 Å². The molecule has 1 N–H and O–H groups in total. The van der Waals surface area contributed by atoms with Crippen molar-refractivity contribution in [2.24, 2.45) is 0 Å². The van der Waals surface area contributed by atoms with Gasteiger partial charge in [0.2, 0.25) is 0 Å². The third-order valence-electron chi connectivity index (χ3n) is 3.83. The lowest BCUT2D eigenvalue weighted by atomic mass is 9.92. The Morgan fingerprint density at radius 3 is 2.61 bits per heavy atom. The molecule has 0 atom stereocenters. The summed E-state index contributed by atoms with van der Waals surface area (Å²) in [6, 6.07) is 10.2. The minimum atomic E-state index is -0.976. The smallest absolute Gasteiger partial charge is 0.303 e. The average Bonchev–Trinajstić information content (AvgIpc) is 2.54. The second-order valence-electron chi connectivity index (χ2n) is 5.30. The third-order valence-corrected chi connectivity index (χ3v) is 3.83. The van der Waals surface area contributed by atoms with Gasteiger partial charge in [0.1, 0.15) is 0 Å². The van der Waals surface area contributed by atoms with Gasteiger partial charge < -0.3 is 5.11 Å². The van der Waals surface area contributed by atoms with E-state index in [1.165, 1.54) is 6.07 Å². The molecule has 0 aliphatic carbocycles. The molecule has 6 heteroatoms. The van der Waals surface area contributed by atoms with Gasteiger partial charge in [-0.2, -0.15) is 5.26 Å². The molecule has 0 spiro atoms. The van der Waals surface area contributed by atoms with Gasteiger partial charge in [-0.3, -0.25) is 19.3 Å². The van der Waals surface area contributed by atoms with Gasteiger partial charge in [-0.1, -0.05) is 12.1 Å². The van der Waals surface area contributed by atoms with Crippen molar-refractivity contribution >= 4 is 28.6 Å². The molecule has 0 fully saturated rings. The van der Waals surface area contributed by atoms with E-state index >= 15 is 0 Å². The van der Waals surface area contributed by atoms with Crippen LogP contribution in [-0.2, 0) is 4.79 Å². The number of amides is 2. The Hall–Kier alpha value is -3.20. The van der Waals surface area contributed by atoms with Crippen molar-refractivity contribution in [2.45, 2.75) is 12.8 Å². The Balaban J connectivity index is 2.08. The van der Waals surface area contributed by atoms with E-state index in [-0.39, 0.29) is 19.4 Å². The largest absolute Gasteiger partial charge is 0.481 e. The molecule has 0 saturated heterocycles. The number of carbonyl (C=O) groups excluding carboxylic acids is 2. The van der Waals surface area contributed by atoms with Gasteiger partial charge in [0.15, 0.2) is 0 Å². The van der Waals surface area contributed by atoms with Crippen LogP contribution in [0.3, 0.4) is 0 Å². The fourth-order valence-electron chi connectivity index (χ4n) is 2.81. The van der Waals surface area contributed by atoms with Crippen molar-refractivity contribution in [3.63, 3.8) is 0 Å². The number of carbonyl (C=O) groups is 3. The van der Waals surface area contributed by atoms with Crippen molar-refractivity contribution < 1.29 is 19.5 Å². The molecule has 1 heterocycles. The molecule has 3 rings (SSSR count). The first kappa shape index (κ1) is 14.7. The summed E-state index contributed by atoms with van der Waals surface area (Å²) in [6.07, 6.45) is 0.0718. The van der Waals surface area contributed by atoms with Gasteiger partial charge in [-0.25, -0.2) is 0 Å². The van der Waals surface area contributed by atoms with Gasteiger partial charge in [-0.05, 0) is 30.0 Å². The number of nitrogens with zero attached hydrogens (tertiary/aromatic N) is 2. The number of nitriles is 1. The van der Waals surface area contributed by atoms with Crippen LogP contribution in [0.4, 0.5) is 0 Å². The number of carboxylic acid groups (broad SMARTS) is 1. The third kappa shape index (κ3) is 2.42. The van der Waals surface area contributed by atoms with Crippen molar-refractivity contribution in [2.75, 3.05) is 6.54 Å². The standard InChI is InChI=1S/C17H12N2O4/c18-9-10-7-11-3-1-4-12-15(11)13(8-10)17(23)19(16(12)22)6-2-5-14(20)21/h1,3-4,7-8H,2,5-6H2,(H,20,21). The molecular weight excluding hydrogens is 296 g/mol. The number of hydrogen-bond donors (Lipinski definition) is 1. The number of imide groups is 1. The topological polar surface area (TPSA) is 98.5 Å². The normalized spacial score (nSPS) is 13.3. The first-order valence-electron chi connectivity index (χ1n) is 7.08. The molecule has 2 aromatic rings. The SMILES string of the molecule is N#Cc1cc2c3c(cccc3c1)C(=O)N(CCCC(=O)O)C2=O. The number of aliphatic carboxylic acids is 1. The fraction of sp³-hybridized carbons (Fsp3) is 0.176. The highest BCUT2D eigenvalue weighted by molar-refractivity contribution is 6.25. The summed E-state index contributed by atoms with van der Waals surface area (Å²) in [5, 5.41) is 19.0. The zero-order valence-electron chi connectivity index (χ0n) is 12.1. The molecule has 0 saturated carbocycles. The minimum Gasteiger partial charge on any atom is -0.481 e. The number of hydrogen-bond acceptors (Lipinski definition) is 4. The zero-order chi connectivity index (χ0) is 16.6. The lowest BCUT2D eigenvalue weighted by Gasteiger charge is -2.27. The summed E-state index contributed by atoms with van der Waals surface area (Å²) in [6.45, 7) is 0.0383. The van der Waals surface area contributed by atoms with Gasteiger partial charge in [0.05, 0.1) is 11.6 Å². The van der Waals surface area contributed by atoms with Crippen molar-refractivity contribution in [3.05, 3.63) is 47.0 Å². The summed E-state index contributed by atoms with van der Waals surface area (Å²) in [5.41, 5.74) is 1.05. The summed E-state index contributed by atoms with van der Waals surface area (Å²) >= 11 is 0. The number of rotatable bonds is 4. The van der Waals surface area contributed by atoms with Crippen molar-refractivity contribution in [3.8, 4) is 6.07 Å². The highest BCUT2D eigenvalue weighted by Crippen LogP contribution is 2.31. The maximum Gasteiger partial charge on any atom is 0.303 e. The maximum atomic E-state index is 12.6. The molecule has 0 radical (unpaired) electrons. The lowest BCUT2D eigenvalue weighted by Crippen LogP contribution is -2.41. The van der Waals surface area contributed by atoms with Crippen LogP contribution in [0.25, 0.3) is 10.8 Å². The number of benzene rings is 2. The Bertz CT molecular complexity index is 895. The first-order chi connectivity index (χ1) is 11.0.